The Morgan fingerprint density at radius 3 is 2.31 bits per heavy atom. The van der Waals surface area contributed by atoms with E-state index in [9.17, 15) is 14.4 Å². The van der Waals surface area contributed by atoms with E-state index in [0.717, 1.165) is 5.69 Å². The predicted molar refractivity (Wildman–Crippen MR) is 95.5 cm³/mol. The van der Waals surface area contributed by atoms with E-state index in [0.29, 0.717) is 6.54 Å². The van der Waals surface area contributed by atoms with Gasteiger partial charge in [0.2, 0.25) is 5.91 Å². The summed E-state index contributed by atoms with van der Waals surface area (Å²) in [5.74, 6) is -1.01. The second-order valence-electron chi connectivity index (χ2n) is 6.40. The molecule has 2 atom stereocenters. The molecule has 1 fully saturated rings. The summed E-state index contributed by atoms with van der Waals surface area (Å²) >= 11 is 0. The number of methoxy groups -OCH3 is 2. The maximum absolute atomic E-state index is 13.1. The second-order valence-corrected chi connectivity index (χ2v) is 6.40. The Kier molecular flexibility index (Phi) is 6.43. The molecule has 8 nitrogen and oxygen atoms in total. The molecular weight excluding hydrogens is 338 g/mol. The highest BCUT2D eigenvalue weighted by molar-refractivity contribution is 5.91. The maximum atomic E-state index is 13.1. The largest absolute Gasteiger partial charge is 0.467 e. The van der Waals surface area contributed by atoms with Crippen LogP contribution in [0.2, 0.25) is 0 Å². The molecule has 1 aromatic rings. The highest BCUT2D eigenvalue weighted by atomic mass is 16.5. The normalized spacial score (nSPS) is 17.8. The van der Waals surface area contributed by atoms with E-state index in [1.54, 1.807) is 0 Å². The molecule has 2 amide bonds. The number of nitrogens with one attached hydrogen (secondary N) is 1. The molecular formula is C18H25N3O5. The van der Waals surface area contributed by atoms with E-state index in [4.69, 9.17) is 4.74 Å². The molecule has 0 radical (unpaired) electrons. The number of carbonyl (C=O) groups is 3. The Morgan fingerprint density at radius 1 is 1.12 bits per heavy atom. The first-order valence-corrected chi connectivity index (χ1v) is 8.41. The van der Waals surface area contributed by atoms with E-state index in [1.165, 1.54) is 19.1 Å². The van der Waals surface area contributed by atoms with Crippen molar-refractivity contribution < 1.29 is 23.9 Å². The average Bonchev–Trinajstić information content (AvgIpc) is 3.10. The fourth-order valence-electron chi connectivity index (χ4n) is 2.91. The van der Waals surface area contributed by atoms with Gasteiger partial charge in [0.15, 0.2) is 0 Å². The van der Waals surface area contributed by atoms with Crippen LogP contribution in [0.15, 0.2) is 30.3 Å². The standard InChI is InChI=1S/C18H25N3O5/c1-12(2)15(19-18(24)26-4)16(22)21-11-20(10-14(21)17(23)25-3)13-8-6-5-7-9-13/h5-9,12,14-15H,10-11H2,1-4H3,(H,19,24)/t14-,15-/m0/s1. The molecule has 1 saturated heterocycles. The zero-order valence-corrected chi connectivity index (χ0v) is 15.5. The Hall–Kier alpha value is -2.77. The second kappa shape index (κ2) is 8.55. The molecule has 142 valence electrons. The molecule has 1 heterocycles. The number of rotatable bonds is 5. The third-order valence-electron chi connectivity index (χ3n) is 4.36. The number of hydrogen-bond acceptors (Lipinski definition) is 6. The van der Waals surface area contributed by atoms with Gasteiger partial charge in [0.25, 0.3) is 0 Å². The lowest BCUT2D eigenvalue weighted by Gasteiger charge is -2.29. The molecule has 0 unspecified atom stereocenters. The van der Waals surface area contributed by atoms with Crippen molar-refractivity contribution in [3.05, 3.63) is 30.3 Å². The van der Waals surface area contributed by atoms with E-state index >= 15 is 0 Å². The maximum Gasteiger partial charge on any atom is 0.407 e. The highest BCUT2D eigenvalue weighted by Crippen LogP contribution is 2.24. The molecule has 0 aliphatic carbocycles. The van der Waals surface area contributed by atoms with Gasteiger partial charge < -0.3 is 24.6 Å². The average molecular weight is 363 g/mol. The number of carbonyl (C=O) groups excluding carboxylic acids is 3. The zero-order valence-electron chi connectivity index (χ0n) is 15.5. The zero-order chi connectivity index (χ0) is 19.3. The Bertz CT molecular complexity index is 649. The fraction of sp³-hybridized carbons (Fsp3) is 0.500. The van der Waals surface area contributed by atoms with Crippen LogP contribution in [0.25, 0.3) is 0 Å². The number of nitrogens with zero attached hydrogens (tertiary/aromatic N) is 2. The van der Waals surface area contributed by atoms with Crippen LogP contribution in [0.1, 0.15) is 13.8 Å². The van der Waals surface area contributed by atoms with Gasteiger partial charge in [-0.05, 0) is 18.1 Å². The first kappa shape index (κ1) is 19.6. The molecule has 1 aliphatic heterocycles. The van der Waals surface area contributed by atoms with Crippen molar-refractivity contribution in [1.82, 2.24) is 10.2 Å². The summed E-state index contributed by atoms with van der Waals surface area (Å²) in [6, 6.07) is 7.96. The summed E-state index contributed by atoms with van der Waals surface area (Å²) in [6.07, 6.45) is -0.689. The molecule has 0 spiro atoms. The van der Waals surface area contributed by atoms with Crippen LogP contribution >= 0.6 is 0 Å². The third-order valence-corrected chi connectivity index (χ3v) is 4.36. The number of alkyl carbamates (subject to hydrolysis) is 1. The summed E-state index contributed by atoms with van der Waals surface area (Å²) in [5, 5.41) is 2.55. The molecule has 0 aromatic heterocycles. The lowest BCUT2D eigenvalue weighted by atomic mass is 10.0. The van der Waals surface area contributed by atoms with Crippen molar-refractivity contribution in [2.24, 2.45) is 5.92 Å². The van der Waals surface area contributed by atoms with Crippen molar-refractivity contribution in [1.29, 1.82) is 0 Å². The first-order valence-electron chi connectivity index (χ1n) is 8.41. The number of ether oxygens (including phenoxy) is 2. The number of amides is 2. The molecule has 0 bridgehead atoms. The summed E-state index contributed by atoms with van der Waals surface area (Å²) in [7, 11) is 2.53. The van der Waals surface area contributed by atoms with E-state index in [1.807, 2.05) is 49.1 Å². The quantitative estimate of drug-likeness (QED) is 0.792. The van der Waals surface area contributed by atoms with E-state index in [-0.39, 0.29) is 18.5 Å². The molecule has 1 N–H and O–H groups in total. The fourth-order valence-corrected chi connectivity index (χ4v) is 2.91. The van der Waals surface area contributed by atoms with Gasteiger partial charge >= 0.3 is 12.1 Å². The van der Waals surface area contributed by atoms with Gasteiger partial charge in [-0.3, -0.25) is 4.79 Å². The lowest BCUT2D eigenvalue weighted by Crippen LogP contribution is -2.54. The minimum Gasteiger partial charge on any atom is -0.467 e. The summed E-state index contributed by atoms with van der Waals surface area (Å²) in [5.41, 5.74) is 0.902. The van der Waals surface area contributed by atoms with Crippen LogP contribution in [0.4, 0.5) is 10.5 Å². The van der Waals surface area contributed by atoms with Crippen molar-refractivity contribution in [3.8, 4) is 0 Å². The van der Waals surface area contributed by atoms with Gasteiger partial charge in [-0.1, -0.05) is 32.0 Å². The van der Waals surface area contributed by atoms with Crippen LogP contribution in [0.5, 0.6) is 0 Å². The van der Waals surface area contributed by atoms with Crippen molar-refractivity contribution in [2.45, 2.75) is 25.9 Å². The minimum absolute atomic E-state index is 0.175. The number of hydrogen-bond donors (Lipinski definition) is 1. The SMILES string of the molecule is COC(=O)N[C@H](C(=O)N1CN(c2ccccc2)C[C@H]1C(=O)OC)C(C)C. The van der Waals surface area contributed by atoms with Crippen molar-refractivity contribution >= 4 is 23.7 Å². The van der Waals surface area contributed by atoms with Gasteiger partial charge in [0.1, 0.15) is 12.1 Å². The molecule has 26 heavy (non-hydrogen) atoms. The van der Waals surface area contributed by atoms with E-state index in [2.05, 4.69) is 10.1 Å². The molecule has 0 saturated carbocycles. The summed E-state index contributed by atoms with van der Waals surface area (Å²) < 4.78 is 9.48. The van der Waals surface area contributed by atoms with Gasteiger partial charge in [-0.2, -0.15) is 0 Å². The number of esters is 1. The Labute approximate surface area is 153 Å². The number of para-hydroxylation sites is 1. The van der Waals surface area contributed by atoms with Crippen molar-refractivity contribution in [2.75, 3.05) is 32.3 Å². The van der Waals surface area contributed by atoms with Crippen LogP contribution in [0.3, 0.4) is 0 Å². The Balaban J connectivity index is 2.26. The number of benzene rings is 1. The number of anilines is 1. The monoisotopic (exact) mass is 363 g/mol. The van der Waals surface area contributed by atoms with Gasteiger partial charge in [-0.15, -0.1) is 0 Å². The Morgan fingerprint density at radius 2 is 1.77 bits per heavy atom. The third kappa shape index (κ3) is 4.25. The van der Waals surface area contributed by atoms with Crippen LogP contribution in [-0.4, -0.2) is 62.4 Å². The predicted octanol–water partition coefficient (Wildman–Crippen LogP) is 1.21. The summed E-state index contributed by atoms with van der Waals surface area (Å²) in [4.78, 5) is 40.3. The van der Waals surface area contributed by atoms with Crippen LogP contribution in [-0.2, 0) is 19.1 Å². The van der Waals surface area contributed by atoms with E-state index < -0.39 is 24.1 Å². The minimum atomic E-state index is -0.801. The molecule has 1 aliphatic rings. The molecule has 2 rings (SSSR count). The highest BCUT2D eigenvalue weighted by Gasteiger charge is 2.42. The van der Waals surface area contributed by atoms with Crippen LogP contribution < -0.4 is 10.2 Å². The first-order chi connectivity index (χ1) is 12.4. The summed E-state index contributed by atoms with van der Waals surface area (Å²) in [6.45, 7) is 4.19. The lowest BCUT2D eigenvalue weighted by molar-refractivity contribution is -0.151. The van der Waals surface area contributed by atoms with Gasteiger partial charge in [-0.25, -0.2) is 9.59 Å². The molecule has 8 heteroatoms. The molecule has 1 aromatic carbocycles. The topological polar surface area (TPSA) is 88.2 Å². The smallest absolute Gasteiger partial charge is 0.407 e. The van der Waals surface area contributed by atoms with Gasteiger partial charge in [0.05, 0.1) is 27.4 Å². The van der Waals surface area contributed by atoms with Crippen molar-refractivity contribution in [3.63, 3.8) is 0 Å². The van der Waals surface area contributed by atoms with Gasteiger partial charge in [0, 0.05) is 5.69 Å². The van der Waals surface area contributed by atoms with Crippen LogP contribution in [0, 0.1) is 5.92 Å².